The highest BCUT2D eigenvalue weighted by atomic mass is 16.5. The lowest BCUT2D eigenvalue weighted by molar-refractivity contribution is 0.0526. The molecular weight excluding hydrogens is 322 g/mol. The summed E-state index contributed by atoms with van der Waals surface area (Å²) in [6, 6.07) is 10.5. The molecule has 0 aliphatic rings. The van der Waals surface area contributed by atoms with Gasteiger partial charge >= 0.3 is 5.97 Å². The third-order valence-corrected chi connectivity index (χ3v) is 3.64. The first-order valence-electron chi connectivity index (χ1n) is 7.83. The number of carbonyl (C=O) groups is 1. The highest BCUT2D eigenvalue weighted by Crippen LogP contribution is 2.24. The van der Waals surface area contributed by atoms with Crippen LogP contribution in [0.5, 0.6) is 0 Å². The van der Waals surface area contributed by atoms with E-state index in [9.17, 15) is 14.9 Å². The molecule has 2 rings (SSSR count). The van der Waals surface area contributed by atoms with Gasteiger partial charge in [0.15, 0.2) is 0 Å². The number of hydrogen-bond acceptors (Lipinski definition) is 6. The standard InChI is InChI=1S/C18H19N3O4/c1-3-25-18(24)15-12(2)14(11-19)17(23)21(16(15)20-9-10-22)13-7-5-4-6-8-13/h4-8,20,22H,3,9-10H2,1-2H3. The van der Waals surface area contributed by atoms with E-state index in [-0.39, 0.29) is 42.3 Å². The molecule has 0 amide bonds. The molecule has 1 aromatic heterocycles. The van der Waals surface area contributed by atoms with Crippen LogP contribution in [0.2, 0.25) is 0 Å². The summed E-state index contributed by atoms with van der Waals surface area (Å²) in [5.74, 6) is -0.443. The van der Waals surface area contributed by atoms with E-state index in [1.54, 1.807) is 37.3 Å². The third-order valence-electron chi connectivity index (χ3n) is 3.64. The molecule has 1 heterocycles. The monoisotopic (exact) mass is 341 g/mol. The van der Waals surface area contributed by atoms with Gasteiger partial charge in [-0.05, 0) is 31.5 Å². The smallest absolute Gasteiger partial charge is 0.342 e. The van der Waals surface area contributed by atoms with Crippen LogP contribution in [0.3, 0.4) is 0 Å². The Balaban J connectivity index is 2.89. The van der Waals surface area contributed by atoms with Gasteiger partial charge in [-0.15, -0.1) is 0 Å². The first-order chi connectivity index (χ1) is 12.1. The summed E-state index contributed by atoms with van der Waals surface area (Å²) in [5, 5.41) is 21.4. The number of anilines is 1. The molecule has 0 radical (unpaired) electrons. The van der Waals surface area contributed by atoms with Crippen LogP contribution in [0.15, 0.2) is 35.1 Å². The van der Waals surface area contributed by atoms with Crippen molar-refractivity contribution in [3.63, 3.8) is 0 Å². The molecule has 0 fully saturated rings. The number of nitriles is 1. The Morgan fingerprint density at radius 1 is 1.36 bits per heavy atom. The van der Waals surface area contributed by atoms with Crippen molar-refractivity contribution in [2.75, 3.05) is 25.1 Å². The summed E-state index contributed by atoms with van der Waals surface area (Å²) in [4.78, 5) is 25.3. The summed E-state index contributed by atoms with van der Waals surface area (Å²) in [6.07, 6.45) is 0. The molecule has 7 nitrogen and oxygen atoms in total. The number of ether oxygens (including phenoxy) is 1. The maximum Gasteiger partial charge on any atom is 0.342 e. The van der Waals surface area contributed by atoms with E-state index in [0.29, 0.717) is 5.69 Å². The number of hydrogen-bond donors (Lipinski definition) is 2. The van der Waals surface area contributed by atoms with Crippen LogP contribution in [-0.2, 0) is 4.74 Å². The number of aliphatic hydroxyl groups is 1. The largest absolute Gasteiger partial charge is 0.462 e. The number of benzene rings is 1. The molecule has 0 atom stereocenters. The van der Waals surface area contributed by atoms with Crippen molar-refractivity contribution in [1.29, 1.82) is 5.26 Å². The van der Waals surface area contributed by atoms with Gasteiger partial charge in [0.2, 0.25) is 0 Å². The number of aliphatic hydroxyl groups excluding tert-OH is 1. The van der Waals surface area contributed by atoms with Crippen molar-refractivity contribution in [2.24, 2.45) is 0 Å². The van der Waals surface area contributed by atoms with Gasteiger partial charge in [0.25, 0.3) is 5.56 Å². The molecule has 2 N–H and O–H groups in total. The molecule has 1 aromatic carbocycles. The van der Waals surface area contributed by atoms with Gasteiger partial charge in [0.1, 0.15) is 23.0 Å². The van der Waals surface area contributed by atoms with Gasteiger partial charge in [-0.3, -0.25) is 9.36 Å². The minimum atomic E-state index is -0.637. The zero-order chi connectivity index (χ0) is 18.4. The van der Waals surface area contributed by atoms with Gasteiger partial charge in [-0.1, -0.05) is 18.2 Å². The predicted octanol–water partition coefficient (Wildman–Crippen LogP) is 1.60. The number of pyridine rings is 1. The molecule has 0 aliphatic heterocycles. The number of rotatable bonds is 6. The van der Waals surface area contributed by atoms with Crippen LogP contribution in [0, 0.1) is 18.3 Å². The number of aromatic nitrogens is 1. The van der Waals surface area contributed by atoms with Crippen molar-refractivity contribution >= 4 is 11.8 Å². The first-order valence-corrected chi connectivity index (χ1v) is 7.83. The van der Waals surface area contributed by atoms with Crippen LogP contribution in [0.4, 0.5) is 5.82 Å². The summed E-state index contributed by atoms with van der Waals surface area (Å²) in [7, 11) is 0. The van der Waals surface area contributed by atoms with Crippen molar-refractivity contribution < 1.29 is 14.6 Å². The lowest BCUT2D eigenvalue weighted by Crippen LogP contribution is -2.30. The summed E-state index contributed by atoms with van der Waals surface area (Å²) in [5.41, 5.74) is 0.185. The zero-order valence-corrected chi connectivity index (χ0v) is 14.1. The Morgan fingerprint density at radius 3 is 2.60 bits per heavy atom. The predicted molar refractivity (Wildman–Crippen MR) is 93.0 cm³/mol. The second-order valence-electron chi connectivity index (χ2n) is 5.18. The number of nitrogens with one attached hydrogen (secondary N) is 1. The summed E-state index contributed by atoms with van der Waals surface area (Å²) in [6.45, 7) is 3.30. The molecule has 2 aromatic rings. The average molecular weight is 341 g/mol. The molecule has 0 aliphatic carbocycles. The van der Waals surface area contributed by atoms with Crippen molar-refractivity contribution in [1.82, 2.24) is 4.57 Å². The Bertz CT molecular complexity index is 867. The van der Waals surface area contributed by atoms with Crippen LogP contribution in [0.25, 0.3) is 5.69 Å². The quantitative estimate of drug-likeness (QED) is 0.773. The lowest BCUT2D eigenvalue weighted by Gasteiger charge is -2.20. The lowest BCUT2D eigenvalue weighted by atomic mass is 10.0. The van der Waals surface area contributed by atoms with E-state index in [4.69, 9.17) is 9.84 Å². The maximum absolute atomic E-state index is 12.8. The first kappa shape index (κ1) is 18.2. The second kappa shape index (κ2) is 8.13. The van der Waals surface area contributed by atoms with E-state index in [1.165, 1.54) is 11.5 Å². The Hall–Kier alpha value is -3.11. The van der Waals surface area contributed by atoms with Crippen LogP contribution in [-0.4, -0.2) is 35.4 Å². The van der Waals surface area contributed by atoms with Gasteiger partial charge in [0.05, 0.1) is 18.9 Å². The number of nitrogens with zero attached hydrogens (tertiary/aromatic N) is 2. The minimum Gasteiger partial charge on any atom is -0.462 e. The van der Waals surface area contributed by atoms with E-state index < -0.39 is 11.5 Å². The van der Waals surface area contributed by atoms with Gasteiger partial charge < -0.3 is 15.2 Å². The van der Waals surface area contributed by atoms with Crippen LogP contribution >= 0.6 is 0 Å². The van der Waals surface area contributed by atoms with E-state index >= 15 is 0 Å². The van der Waals surface area contributed by atoms with Crippen molar-refractivity contribution in [2.45, 2.75) is 13.8 Å². The fraction of sp³-hybridized carbons (Fsp3) is 0.278. The molecule has 0 saturated heterocycles. The van der Waals surface area contributed by atoms with Crippen molar-refractivity contribution in [3.8, 4) is 11.8 Å². The normalized spacial score (nSPS) is 10.2. The molecule has 0 spiro atoms. The van der Waals surface area contributed by atoms with Crippen molar-refractivity contribution in [3.05, 3.63) is 57.4 Å². The Kier molecular flexibility index (Phi) is 5.93. The van der Waals surface area contributed by atoms with Gasteiger partial charge in [0, 0.05) is 6.54 Å². The molecule has 25 heavy (non-hydrogen) atoms. The number of para-hydroxylation sites is 1. The van der Waals surface area contributed by atoms with Gasteiger partial charge in [-0.25, -0.2) is 4.79 Å². The average Bonchev–Trinajstić information content (AvgIpc) is 2.61. The van der Waals surface area contributed by atoms with E-state index in [0.717, 1.165) is 0 Å². The van der Waals surface area contributed by atoms with Crippen LogP contribution in [0.1, 0.15) is 28.4 Å². The fourth-order valence-electron chi connectivity index (χ4n) is 2.54. The van der Waals surface area contributed by atoms with Crippen LogP contribution < -0.4 is 10.9 Å². The SMILES string of the molecule is CCOC(=O)c1c(C)c(C#N)c(=O)n(-c2ccccc2)c1NCCO. The number of esters is 1. The Morgan fingerprint density at radius 2 is 2.04 bits per heavy atom. The third kappa shape index (κ3) is 3.54. The topological polar surface area (TPSA) is 104 Å². The zero-order valence-electron chi connectivity index (χ0n) is 14.1. The molecule has 0 bridgehead atoms. The summed E-state index contributed by atoms with van der Waals surface area (Å²) < 4.78 is 6.35. The molecule has 0 unspecified atom stereocenters. The van der Waals surface area contributed by atoms with Gasteiger partial charge in [-0.2, -0.15) is 5.26 Å². The molecule has 7 heteroatoms. The summed E-state index contributed by atoms with van der Waals surface area (Å²) >= 11 is 0. The highest BCUT2D eigenvalue weighted by molar-refractivity contribution is 5.97. The number of carbonyl (C=O) groups excluding carboxylic acids is 1. The maximum atomic E-state index is 12.8. The Labute approximate surface area is 145 Å². The van der Waals surface area contributed by atoms with E-state index in [1.807, 2.05) is 6.07 Å². The highest BCUT2D eigenvalue weighted by Gasteiger charge is 2.25. The minimum absolute atomic E-state index is 0.107. The fourth-order valence-corrected chi connectivity index (χ4v) is 2.54. The second-order valence-corrected chi connectivity index (χ2v) is 5.18. The molecular formula is C18H19N3O4. The molecule has 130 valence electrons. The molecule has 0 saturated carbocycles. The van der Waals surface area contributed by atoms with E-state index in [2.05, 4.69) is 5.32 Å².